The number of allylic oxidation sites excluding steroid dienone is 1. The Kier molecular flexibility index (Phi) is 2.64. The summed E-state index contributed by atoms with van der Waals surface area (Å²) in [7, 11) is -1.30. The Balaban J connectivity index is 2.58. The third-order valence-electron chi connectivity index (χ3n) is 3.00. The Hall–Kier alpha value is -1.13. The van der Waals surface area contributed by atoms with Gasteiger partial charge in [-0.1, -0.05) is 6.07 Å². The van der Waals surface area contributed by atoms with E-state index in [-0.39, 0.29) is 6.04 Å². The smallest absolute Gasteiger partial charge is 0.200 e. The van der Waals surface area contributed by atoms with Gasteiger partial charge < -0.3 is 5.32 Å². The van der Waals surface area contributed by atoms with Gasteiger partial charge in [-0.3, -0.25) is 0 Å². The SMILES string of the molecule is CNC(C)c1ccc2c(c1)C(C)=CS2(=O)=O. The zero-order chi connectivity index (χ0) is 11.9. The summed E-state index contributed by atoms with van der Waals surface area (Å²) in [5.41, 5.74) is 2.76. The van der Waals surface area contributed by atoms with Crippen LogP contribution in [0.3, 0.4) is 0 Å². The van der Waals surface area contributed by atoms with Crippen molar-refractivity contribution < 1.29 is 8.42 Å². The fourth-order valence-electron chi connectivity index (χ4n) is 1.90. The van der Waals surface area contributed by atoms with Crippen LogP contribution in [-0.4, -0.2) is 15.5 Å². The second kappa shape index (κ2) is 3.71. The van der Waals surface area contributed by atoms with Crippen LogP contribution < -0.4 is 5.32 Å². The molecule has 2 rings (SSSR count). The lowest BCUT2D eigenvalue weighted by Crippen LogP contribution is -2.12. The van der Waals surface area contributed by atoms with E-state index in [0.29, 0.717) is 4.90 Å². The topological polar surface area (TPSA) is 46.2 Å². The molecule has 0 aromatic heterocycles. The first-order chi connectivity index (χ1) is 7.45. The van der Waals surface area contributed by atoms with Crippen LogP contribution in [0, 0.1) is 0 Å². The Morgan fingerprint density at radius 2 is 2.00 bits per heavy atom. The van der Waals surface area contributed by atoms with Gasteiger partial charge in [0.15, 0.2) is 0 Å². The first kappa shape index (κ1) is 11.4. The van der Waals surface area contributed by atoms with Crippen LogP contribution in [0.4, 0.5) is 0 Å². The van der Waals surface area contributed by atoms with Crippen molar-refractivity contribution in [2.45, 2.75) is 24.8 Å². The van der Waals surface area contributed by atoms with E-state index < -0.39 is 9.84 Å². The number of hydrogen-bond acceptors (Lipinski definition) is 3. The molecule has 3 nitrogen and oxygen atoms in total. The highest BCUT2D eigenvalue weighted by molar-refractivity contribution is 7.95. The lowest BCUT2D eigenvalue weighted by atomic mass is 10.0. The lowest BCUT2D eigenvalue weighted by Gasteiger charge is -2.12. The van der Waals surface area contributed by atoms with Gasteiger partial charge in [-0.2, -0.15) is 0 Å². The van der Waals surface area contributed by atoms with Crippen molar-refractivity contribution in [3.05, 3.63) is 34.7 Å². The van der Waals surface area contributed by atoms with E-state index in [0.717, 1.165) is 16.7 Å². The molecule has 1 aromatic carbocycles. The number of hydrogen-bond donors (Lipinski definition) is 1. The van der Waals surface area contributed by atoms with Gasteiger partial charge in [0.05, 0.1) is 4.90 Å². The number of benzene rings is 1. The van der Waals surface area contributed by atoms with E-state index in [1.807, 2.05) is 33.0 Å². The molecule has 1 aromatic rings. The van der Waals surface area contributed by atoms with E-state index in [4.69, 9.17) is 0 Å². The Labute approximate surface area is 96.1 Å². The summed E-state index contributed by atoms with van der Waals surface area (Å²) in [5.74, 6) is 0. The maximum absolute atomic E-state index is 11.7. The summed E-state index contributed by atoms with van der Waals surface area (Å²) in [6.07, 6.45) is 0. The minimum absolute atomic E-state index is 0.224. The molecule has 0 aliphatic carbocycles. The summed E-state index contributed by atoms with van der Waals surface area (Å²) in [5, 5.41) is 4.48. The van der Waals surface area contributed by atoms with E-state index in [1.165, 1.54) is 5.41 Å². The summed E-state index contributed by atoms with van der Waals surface area (Å²) in [6, 6.07) is 5.74. The predicted octanol–water partition coefficient (Wildman–Crippen LogP) is 2.12. The summed E-state index contributed by atoms with van der Waals surface area (Å²) < 4.78 is 23.4. The van der Waals surface area contributed by atoms with E-state index in [2.05, 4.69) is 5.32 Å². The van der Waals surface area contributed by atoms with Gasteiger partial charge in [0.2, 0.25) is 9.84 Å². The molecule has 1 unspecified atom stereocenters. The number of nitrogens with one attached hydrogen (secondary N) is 1. The van der Waals surface area contributed by atoms with E-state index >= 15 is 0 Å². The zero-order valence-corrected chi connectivity index (χ0v) is 10.4. The van der Waals surface area contributed by atoms with Crippen LogP contribution in [0.25, 0.3) is 5.57 Å². The van der Waals surface area contributed by atoms with Gasteiger partial charge >= 0.3 is 0 Å². The van der Waals surface area contributed by atoms with Crippen LogP contribution in [0.5, 0.6) is 0 Å². The third-order valence-corrected chi connectivity index (χ3v) is 4.63. The molecule has 0 radical (unpaired) electrons. The molecule has 0 saturated heterocycles. The minimum atomic E-state index is -3.19. The van der Waals surface area contributed by atoms with E-state index in [9.17, 15) is 8.42 Å². The first-order valence-corrected chi connectivity index (χ1v) is 6.75. The summed E-state index contributed by atoms with van der Waals surface area (Å²) in [4.78, 5) is 0.428. The van der Waals surface area contributed by atoms with Crippen LogP contribution in [-0.2, 0) is 9.84 Å². The van der Waals surface area contributed by atoms with Crippen molar-refractivity contribution in [2.24, 2.45) is 0 Å². The molecule has 0 spiro atoms. The van der Waals surface area contributed by atoms with E-state index in [1.54, 1.807) is 6.07 Å². The van der Waals surface area contributed by atoms with Gasteiger partial charge in [-0.15, -0.1) is 0 Å². The van der Waals surface area contributed by atoms with Crippen LogP contribution in [0.2, 0.25) is 0 Å². The number of sulfone groups is 1. The fourth-order valence-corrected chi connectivity index (χ4v) is 3.40. The molecule has 1 N–H and O–H groups in total. The van der Waals surface area contributed by atoms with Gasteiger partial charge in [0, 0.05) is 11.4 Å². The Morgan fingerprint density at radius 3 is 2.62 bits per heavy atom. The van der Waals surface area contributed by atoms with Crippen molar-refractivity contribution in [3.63, 3.8) is 0 Å². The molecule has 86 valence electrons. The lowest BCUT2D eigenvalue weighted by molar-refractivity contribution is 0.605. The van der Waals surface area contributed by atoms with Crippen molar-refractivity contribution in [2.75, 3.05) is 7.05 Å². The van der Waals surface area contributed by atoms with Gasteiger partial charge in [0.25, 0.3) is 0 Å². The molecule has 1 atom stereocenters. The van der Waals surface area contributed by atoms with Gasteiger partial charge in [-0.25, -0.2) is 8.42 Å². The second-order valence-corrected chi connectivity index (χ2v) is 5.88. The molecule has 0 fully saturated rings. The fraction of sp³-hybridized carbons (Fsp3) is 0.333. The summed E-state index contributed by atoms with van der Waals surface area (Å²) >= 11 is 0. The molecule has 1 aliphatic rings. The predicted molar refractivity (Wildman–Crippen MR) is 64.8 cm³/mol. The highest BCUT2D eigenvalue weighted by Gasteiger charge is 2.25. The molecule has 1 aliphatic heterocycles. The Morgan fingerprint density at radius 1 is 1.31 bits per heavy atom. The van der Waals surface area contributed by atoms with Crippen molar-refractivity contribution in [1.82, 2.24) is 5.32 Å². The largest absolute Gasteiger partial charge is 0.313 e. The normalized spacial score (nSPS) is 19.1. The quantitative estimate of drug-likeness (QED) is 0.857. The van der Waals surface area contributed by atoms with Crippen LogP contribution >= 0.6 is 0 Å². The monoisotopic (exact) mass is 237 g/mol. The standard InChI is InChI=1S/C12H15NO2S/c1-8-7-16(14,15)12-5-4-10(6-11(8)12)9(2)13-3/h4-7,9,13H,1-3H3. The Bertz CT molecular complexity index is 558. The molecular weight excluding hydrogens is 222 g/mol. The first-order valence-electron chi connectivity index (χ1n) is 5.20. The summed E-state index contributed by atoms with van der Waals surface area (Å²) in [6.45, 7) is 3.88. The molecule has 1 heterocycles. The van der Waals surface area contributed by atoms with Crippen LogP contribution in [0.15, 0.2) is 28.5 Å². The van der Waals surface area contributed by atoms with Crippen LogP contribution in [0.1, 0.15) is 31.0 Å². The molecular formula is C12H15NO2S. The average Bonchev–Trinajstić information content (AvgIpc) is 2.48. The maximum atomic E-state index is 11.7. The zero-order valence-electron chi connectivity index (χ0n) is 9.61. The molecule has 0 bridgehead atoms. The van der Waals surface area contributed by atoms with Crippen molar-refractivity contribution >= 4 is 15.4 Å². The second-order valence-electron chi connectivity index (χ2n) is 4.11. The molecule has 0 amide bonds. The number of rotatable bonds is 2. The highest BCUT2D eigenvalue weighted by Crippen LogP contribution is 2.34. The van der Waals surface area contributed by atoms with Crippen molar-refractivity contribution in [1.29, 1.82) is 0 Å². The van der Waals surface area contributed by atoms with Crippen molar-refractivity contribution in [3.8, 4) is 0 Å². The average molecular weight is 237 g/mol. The maximum Gasteiger partial charge on any atom is 0.200 e. The third kappa shape index (κ3) is 1.68. The molecule has 16 heavy (non-hydrogen) atoms. The highest BCUT2D eigenvalue weighted by atomic mass is 32.2. The van der Waals surface area contributed by atoms with Gasteiger partial charge in [0.1, 0.15) is 0 Å². The molecule has 0 saturated carbocycles. The number of fused-ring (bicyclic) bond motifs is 1. The van der Waals surface area contributed by atoms with Gasteiger partial charge in [-0.05, 0) is 49.7 Å². The molecule has 4 heteroatoms. The minimum Gasteiger partial charge on any atom is -0.313 e.